The zero-order chi connectivity index (χ0) is 15.0. The van der Waals surface area contributed by atoms with Gasteiger partial charge >= 0.3 is 6.09 Å². The van der Waals surface area contributed by atoms with E-state index >= 15 is 0 Å². The maximum absolute atomic E-state index is 11.6. The highest BCUT2D eigenvalue weighted by Gasteiger charge is 2.13. The Labute approximate surface area is 119 Å². The monoisotopic (exact) mass is 290 g/mol. The lowest BCUT2D eigenvalue weighted by Gasteiger charge is -2.03. The fourth-order valence-corrected chi connectivity index (χ4v) is 1.83. The third-order valence-electron chi connectivity index (χ3n) is 1.99. The van der Waals surface area contributed by atoms with Crippen LogP contribution in [0.3, 0.4) is 0 Å². The molecule has 0 aliphatic carbocycles. The molecule has 0 radical (unpaired) electrons. The lowest BCUT2D eigenvalue weighted by atomic mass is 10.3. The second-order valence-electron chi connectivity index (χ2n) is 3.26. The lowest BCUT2D eigenvalue weighted by molar-refractivity contribution is -0.116. The van der Waals surface area contributed by atoms with Crippen LogP contribution in [0.1, 0.15) is 12.5 Å². The molecule has 0 saturated heterocycles. The Morgan fingerprint density at radius 2 is 2.25 bits per heavy atom. The van der Waals surface area contributed by atoms with Gasteiger partial charge in [0.15, 0.2) is 0 Å². The number of amides is 2. The Balaban J connectivity index is 2.74. The molecule has 0 fully saturated rings. The molecule has 0 aliphatic heterocycles. The minimum absolute atomic E-state index is 0.115. The molecule has 1 rings (SSSR count). The third kappa shape index (κ3) is 4.12. The number of nitriles is 2. The normalized spacial score (nSPS) is 10.1. The molecule has 7 nitrogen and oxygen atoms in total. The number of imide groups is 1. The first-order valence-corrected chi connectivity index (χ1v) is 6.32. The van der Waals surface area contributed by atoms with Crippen molar-refractivity contribution in [1.82, 2.24) is 5.32 Å². The molecule has 2 amide bonds. The maximum Gasteiger partial charge on any atom is 0.414 e. The molecule has 0 unspecified atom stereocenters. The standard InChI is InChI=1S/C12H10N4O3S/c1-2-19-12(18)16-10(17)9(6-14)7-15-11-8(5-13)3-4-20-11/h3-4,7,15H,2H2,1H3,(H,16,17,18). The highest BCUT2D eigenvalue weighted by atomic mass is 32.1. The van der Waals surface area contributed by atoms with Crippen molar-refractivity contribution in [2.45, 2.75) is 6.92 Å². The molecule has 0 aliphatic rings. The summed E-state index contributed by atoms with van der Waals surface area (Å²) in [6.07, 6.45) is 0.203. The number of anilines is 1. The van der Waals surface area contributed by atoms with Crippen molar-refractivity contribution in [2.75, 3.05) is 11.9 Å². The van der Waals surface area contributed by atoms with Gasteiger partial charge < -0.3 is 10.1 Å². The number of carbonyl (C=O) groups excluding carboxylic acids is 2. The van der Waals surface area contributed by atoms with Crippen LogP contribution in [-0.4, -0.2) is 18.6 Å². The van der Waals surface area contributed by atoms with E-state index in [0.717, 1.165) is 6.20 Å². The van der Waals surface area contributed by atoms with Gasteiger partial charge in [-0.2, -0.15) is 10.5 Å². The van der Waals surface area contributed by atoms with Crippen molar-refractivity contribution in [3.63, 3.8) is 0 Å². The number of carbonyl (C=O) groups is 2. The van der Waals surface area contributed by atoms with E-state index in [2.05, 4.69) is 10.1 Å². The van der Waals surface area contributed by atoms with Crippen LogP contribution in [0.5, 0.6) is 0 Å². The Hall–Kier alpha value is -2.84. The van der Waals surface area contributed by atoms with E-state index in [1.165, 1.54) is 11.3 Å². The quantitative estimate of drug-likeness (QED) is 0.644. The Kier molecular flexibility index (Phi) is 5.75. The highest BCUT2D eigenvalue weighted by Crippen LogP contribution is 2.22. The number of hydrogen-bond donors (Lipinski definition) is 2. The average molecular weight is 290 g/mol. The number of nitrogens with zero attached hydrogens (tertiary/aromatic N) is 2. The first-order chi connectivity index (χ1) is 9.62. The zero-order valence-electron chi connectivity index (χ0n) is 10.5. The van der Waals surface area contributed by atoms with Crippen LogP contribution < -0.4 is 10.6 Å². The summed E-state index contributed by atoms with van der Waals surface area (Å²) in [5.41, 5.74) is 0.0877. The van der Waals surface area contributed by atoms with E-state index in [4.69, 9.17) is 10.5 Å². The molecule has 0 spiro atoms. The van der Waals surface area contributed by atoms with Crippen LogP contribution in [0.4, 0.5) is 9.80 Å². The van der Waals surface area contributed by atoms with Gasteiger partial charge in [0, 0.05) is 6.20 Å². The largest absolute Gasteiger partial charge is 0.450 e. The molecular formula is C12H10N4O3S. The summed E-state index contributed by atoms with van der Waals surface area (Å²) < 4.78 is 4.53. The van der Waals surface area contributed by atoms with Crippen molar-refractivity contribution in [2.24, 2.45) is 0 Å². The summed E-state index contributed by atoms with van der Waals surface area (Å²) in [5.74, 6) is -0.881. The molecule has 1 aromatic heterocycles. The number of rotatable bonds is 4. The minimum Gasteiger partial charge on any atom is -0.450 e. The van der Waals surface area contributed by atoms with E-state index in [0.29, 0.717) is 10.6 Å². The molecule has 0 atom stereocenters. The van der Waals surface area contributed by atoms with Gasteiger partial charge in [-0.15, -0.1) is 11.3 Å². The van der Waals surface area contributed by atoms with E-state index in [1.54, 1.807) is 24.4 Å². The van der Waals surface area contributed by atoms with Crippen LogP contribution in [0.15, 0.2) is 23.2 Å². The summed E-state index contributed by atoms with van der Waals surface area (Å²) in [5, 5.41) is 24.4. The number of alkyl carbamates (subject to hydrolysis) is 1. The molecule has 0 aromatic carbocycles. The summed E-state index contributed by atoms with van der Waals surface area (Å²) in [7, 11) is 0. The summed E-state index contributed by atoms with van der Waals surface area (Å²) >= 11 is 1.25. The van der Waals surface area contributed by atoms with E-state index in [9.17, 15) is 9.59 Å². The molecule has 0 bridgehead atoms. The number of hydrogen-bond acceptors (Lipinski definition) is 7. The molecule has 2 N–H and O–H groups in total. The van der Waals surface area contributed by atoms with Gasteiger partial charge in [0.2, 0.25) is 0 Å². The fourth-order valence-electron chi connectivity index (χ4n) is 1.12. The van der Waals surface area contributed by atoms with E-state index < -0.39 is 12.0 Å². The van der Waals surface area contributed by atoms with Crippen molar-refractivity contribution in [1.29, 1.82) is 10.5 Å². The van der Waals surface area contributed by atoms with E-state index in [1.807, 2.05) is 11.4 Å². The molecule has 1 aromatic rings. The summed E-state index contributed by atoms with van der Waals surface area (Å²) in [6.45, 7) is 1.70. The molecule has 0 saturated carbocycles. The van der Waals surface area contributed by atoms with E-state index in [-0.39, 0.29) is 12.2 Å². The predicted octanol–water partition coefficient (Wildman–Crippen LogP) is 1.71. The average Bonchev–Trinajstić information content (AvgIpc) is 2.87. The van der Waals surface area contributed by atoms with Crippen molar-refractivity contribution < 1.29 is 14.3 Å². The van der Waals surface area contributed by atoms with Gasteiger partial charge in [0.05, 0.1) is 12.2 Å². The predicted molar refractivity (Wildman–Crippen MR) is 71.5 cm³/mol. The second kappa shape index (κ2) is 7.56. The van der Waals surface area contributed by atoms with Gasteiger partial charge in [-0.1, -0.05) is 0 Å². The van der Waals surface area contributed by atoms with Gasteiger partial charge in [-0.25, -0.2) is 4.79 Å². The molecule has 8 heteroatoms. The van der Waals surface area contributed by atoms with Gasteiger partial charge in [-0.05, 0) is 18.4 Å². The van der Waals surface area contributed by atoms with Gasteiger partial charge in [0.1, 0.15) is 22.7 Å². The Morgan fingerprint density at radius 3 is 2.85 bits per heavy atom. The molecule has 102 valence electrons. The topological polar surface area (TPSA) is 115 Å². The first kappa shape index (κ1) is 15.2. The van der Waals surface area contributed by atoms with Crippen molar-refractivity contribution in [3.8, 4) is 12.1 Å². The smallest absolute Gasteiger partial charge is 0.414 e. The number of thiophene rings is 1. The lowest BCUT2D eigenvalue weighted by Crippen LogP contribution is -2.32. The van der Waals surface area contributed by atoms with Crippen LogP contribution >= 0.6 is 11.3 Å². The van der Waals surface area contributed by atoms with Crippen molar-refractivity contribution >= 4 is 28.3 Å². The van der Waals surface area contributed by atoms with Crippen LogP contribution in [0.25, 0.3) is 0 Å². The second-order valence-corrected chi connectivity index (χ2v) is 4.18. The van der Waals surface area contributed by atoms with Gasteiger partial charge in [-0.3, -0.25) is 10.1 Å². The molecule has 20 heavy (non-hydrogen) atoms. The SMILES string of the molecule is CCOC(=O)NC(=O)C(C#N)=CNc1sccc1C#N. The third-order valence-corrected chi connectivity index (χ3v) is 2.84. The molecular weight excluding hydrogens is 280 g/mol. The van der Waals surface area contributed by atoms with Gasteiger partial charge in [0.25, 0.3) is 5.91 Å². The summed E-state index contributed by atoms with van der Waals surface area (Å²) in [4.78, 5) is 22.6. The number of ether oxygens (including phenoxy) is 1. The van der Waals surface area contributed by atoms with Crippen LogP contribution in [0, 0.1) is 22.7 Å². The van der Waals surface area contributed by atoms with Crippen LogP contribution in [-0.2, 0) is 9.53 Å². The van der Waals surface area contributed by atoms with Crippen LogP contribution in [0.2, 0.25) is 0 Å². The Bertz CT molecular complexity index is 621. The number of nitrogens with one attached hydrogen (secondary N) is 2. The molecule has 1 heterocycles. The maximum atomic E-state index is 11.6. The van der Waals surface area contributed by atoms with Crippen molar-refractivity contribution in [3.05, 3.63) is 28.8 Å². The minimum atomic E-state index is -0.924. The zero-order valence-corrected chi connectivity index (χ0v) is 11.3. The summed E-state index contributed by atoms with van der Waals surface area (Å²) in [6, 6.07) is 5.21. The Morgan fingerprint density at radius 1 is 1.50 bits per heavy atom. The fraction of sp³-hybridized carbons (Fsp3) is 0.167. The first-order valence-electron chi connectivity index (χ1n) is 5.44. The highest BCUT2D eigenvalue weighted by molar-refractivity contribution is 7.14.